The molecule has 1 aliphatic rings. The molecule has 28 heavy (non-hydrogen) atoms. The molecule has 1 fully saturated rings. The number of aliphatic imine (C=N–C) groups is 1. The molecule has 0 aromatic heterocycles. The number of ether oxygens (including phenoxy) is 1. The van der Waals surface area contributed by atoms with Gasteiger partial charge >= 0.3 is 0 Å². The predicted octanol–water partition coefficient (Wildman–Crippen LogP) is 3.37. The van der Waals surface area contributed by atoms with Gasteiger partial charge < -0.3 is 20.5 Å². The number of phenolic OH excluding ortho intramolecular Hbond substituents is 1. The van der Waals surface area contributed by atoms with Gasteiger partial charge in [0.05, 0.1) is 13.7 Å². The van der Waals surface area contributed by atoms with E-state index in [-0.39, 0.29) is 17.0 Å². The first-order chi connectivity index (χ1) is 13.6. The van der Waals surface area contributed by atoms with Crippen LogP contribution in [-0.2, 0) is 11.8 Å². The normalized spacial score (nSPS) is 15.2. The van der Waals surface area contributed by atoms with Gasteiger partial charge in [0.1, 0.15) is 5.82 Å². The molecule has 0 aliphatic heterocycles. The summed E-state index contributed by atoms with van der Waals surface area (Å²) in [5, 5.41) is 16.3. The van der Waals surface area contributed by atoms with E-state index in [1.54, 1.807) is 12.1 Å². The highest BCUT2D eigenvalue weighted by Gasteiger charge is 2.45. The van der Waals surface area contributed by atoms with Crippen LogP contribution in [0.4, 0.5) is 4.39 Å². The molecule has 0 atom stereocenters. The summed E-state index contributed by atoms with van der Waals surface area (Å²) in [7, 11) is 1.54. The zero-order valence-electron chi connectivity index (χ0n) is 16.5. The summed E-state index contributed by atoms with van der Waals surface area (Å²) in [5.41, 5.74) is 1.66. The first-order valence-electron chi connectivity index (χ1n) is 9.71. The molecule has 6 heteroatoms. The highest BCUT2D eigenvalue weighted by atomic mass is 19.1. The lowest BCUT2D eigenvalue weighted by Crippen LogP contribution is -2.39. The quantitative estimate of drug-likeness (QED) is 0.482. The molecule has 0 unspecified atom stereocenters. The van der Waals surface area contributed by atoms with E-state index in [0.717, 1.165) is 42.9 Å². The summed E-state index contributed by atoms with van der Waals surface area (Å²) >= 11 is 0. The van der Waals surface area contributed by atoms with E-state index in [9.17, 15) is 9.50 Å². The van der Waals surface area contributed by atoms with Crippen LogP contribution < -0.4 is 15.4 Å². The number of phenols is 1. The Morgan fingerprint density at radius 1 is 1.21 bits per heavy atom. The lowest BCUT2D eigenvalue weighted by Gasteiger charge is -2.16. The van der Waals surface area contributed by atoms with Gasteiger partial charge in [-0.15, -0.1) is 0 Å². The Balaban J connectivity index is 1.60. The van der Waals surface area contributed by atoms with Crippen molar-refractivity contribution in [2.45, 2.75) is 31.6 Å². The molecule has 1 saturated carbocycles. The second kappa shape index (κ2) is 8.95. The van der Waals surface area contributed by atoms with Crippen LogP contribution in [0.25, 0.3) is 0 Å². The molecule has 5 nitrogen and oxygen atoms in total. The lowest BCUT2D eigenvalue weighted by atomic mass is 9.95. The second-order valence-electron chi connectivity index (χ2n) is 7.14. The molecule has 3 N–H and O–H groups in total. The van der Waals surface area contributed by atoms with E-state index in [1.165, 1.54) is 13.2 Å². The number of hydrogen-bond donors (Lipinski definition) is 3. The van der Waals surface area contributed by atoms with E-state index in [4.69, 9.17) is 9.73 Å². The van der Waals surface area contributed by atoms with Gasteiger partial charge in [0.15, 0.2) is 17.5 Å². The van der Waals surface area contributed by atoms with E-state index in [0.29, 0.717) is 18.8 Å². The topological polar surface area (TPSA) is 65.9 Å². The summed E-state index contributed by atoms with van der Waals surface area (Å²) in [4.78, 5) is 4.71. The van der Waals surface area contributed by atoms with Gasteiger partial charge in [-0.1, -0.05) is 24.3 Å². The van der Waals surface area contributed by atoms with Crippen molar-refractivity contribution in [3.05, 3.63) is 59.4 Å². The Labute approximate surface area is 165 Å². The van der Waals surface area contributed by atoms with Crippen molar-refractivity contribution in [3.63, 3.8) is 0 Å². The molecule has 0 saturated heterocycles. The summed E-state index contributed by atoms with van der Waals surface area (Å²) in [6, 6.07) is 12.3. The molecular formula is C22H28FN3O2. The molecule has 150 valence electrons. The van der Waals surface area contributed by atoms with Crippen molar-refractivity contribution in [2.24, 2.45) is 4.99 Å². The zero-order chi connectivity index (χ0) is 20.0. The van der Waals surface area contributed by atoms with Gasteiger partial charge in [0, 0.05) is 18.5 Å². The third kappa shape index (κ3) is 4.74. The fourth-order valence-corrected chi connectivity index (χ4v) is 3.33. The van der Waals surface area contributed by atoms with Gasteiger partial charge in [-0.2, -0.15) is 0 Å². The Hall–Kier alpha value is -2.76. The Bertz CT molecular complexity index is 834. The standard InChI is InChI=1S/C22H28FN3O2/c1-3-24-21(25-13-10-16-8-9-19(27)20(14-16)28-2)26-15-22(11-12-22)17-6-4-5-7-18(17)23/h4-9,14,27H,3,10-13,15H2,1-2H3,(H2,24,25,26). The summed E-state index contributed by atoms with van der Waals surface area (Å²) in [5.74, 6) is 1.20. The van der Waals surface area contributed by atoms with Crippen LogP contribution in [0.2, 0.25) is 0 Å². The minimum Gasteiger partial charge on any atom is -0.504 e. The minimum absolute atomic E-state index is 0.136. The zero-order valence-corrected chi connectivity index (χ0v) is 16.5. The Kier molecular flexibility index (Phi) is 6.39. The van der Waals surface area contributed by atoms with E-state index >= 15 is 0 Å². The largest absolute Gasteiger partial charge is 0.504 e. The van der Waals surface area contributed by atoms with Crippen LogP contribution in [0.3, 0.4) is 0 Å². The van der Waals surface area contributed by atoms with Gasteiger partial charge in [-0.05, 0) is 55.5 Å². The van der Waals surface area contributed by atoms with Gasteiger partial charge in [0.25, 0.3) is 0 Å². The molecule has 3 rings (SSSR count). The van der Waals surface area contributed by atoms with E-state index in [1.807, 2.05) is 31.2 Å². The van der Waals surface area contributed by atoms with Gasteiger partial charge in [-0.25, -0.2) is 4.39 Å². The molecule has 1 aliphatic carbocycles. The average molecular weight is 385 g/mol. The number of guanidine groups is 1. The van der Waals surface area contributed by atoms with Crippen LogP contribution in [0.15, 0.2) is 47.5 Å². The molecule has 0 radical (unpaired) electrons. The Morgan fingerprint density at radius 3 is 2.68 bits per heavy atom. The van der Waals surface area contributed by atoms with Gasteiger partial charge in [-0.3, -0.25) is 4.99 Å². The Morgan fingerprint density at radius 2 is 2.00 bits per heavy atom. The highest BCUT2D eigenvalue weighted by Crippen LogP contribution is 2.49. The van der Waals surface area contributed by atoms with E-state index < -0.39 is 0 Å². The maximum atomic E-state index is 14.2. The molecule has 2 aromatic rings. The first kappa shape index (κ1) is 20.0. The number of benzene rings is 2. The fraction of sp³-hybridized carbons (Fsp3) is 0.409. The molecule has 0 heterocycles. The fourth-order valence-electron chi connectivity index (χ4n) is 3.33. The summed E-state index contributed by atoms with van der Waals surface area (Å²) in [6.07, 6.45) is 2.69. The molecule has 2 aromatic carbocycles. The third-order valence-corrected chi connectivity index (χ3v) is 5.13. The van der Waals surface area contributed by atoms with Crippen molar-refractivity contribution < 1.29 is 14.2 Å². The molecular weight excluding hydrogens is 357 g/mol. The third-order valence-electron chi connectivity index (χ3n) is 5.13. The highest BCUT2D eigenvalue weighted by molar-refractivity contribution is 5.79. The first-order valence-corrected chi connectivity index (χ1v) is 9.71. The van der Waals surface area contributed by atoms with Crippen molar-refractivity contribution in [2.75, 3.05) is 26.7 Å². The number of methoxy groups -OCH3 is 1. The van der Waals surface area contributed by atoms with Gasteiger partial charge in [0.2, 0.25) is 0 Å². The van der Waals surface area contributed by atoms with E-state index in [2.05, 4.69) is 10.6 Å². The monoisotopic (exact) mass is 385 g/mol. The predicted molar refractivity (Wildman–Crippen MR) is 110 cm³/mol. The maximum absolute atomic E-state index is 14.2. The maximum Gasteiger partial charge on any atom is 0.191 e. The second-order valence-corrected chi connectivity index (χ2v) is 7.14. The number of hydrogen-bond acceptors (Lipinski definition) is 3. The number of halogens is 1. The van der Waals surface area contributed by atoms with Crippen molar-refractivity contribution in [1.82, 2.24) is 10.6 Å². The lowest BCUT2D eigenvalue weighted by molar-refractivity contribution is 0.373. The van der Waals surface area contributed by atoms with Crippen molar-refractivity contribution >= 4 is 5.96 Å². The minimum atomic E-state index is -0.169. The molecule has 0 spiro atoms. The summed E-state index contributed by atoms with van der Waals surface area (Å²) < 4.78 is 19.3. The van der Waals surface area contributed by atoms with Crippen LogP contribution >= 0.6 is 0 Å². The smallest absolute Gasteiger partial charge is 0.191 e. The van der Waals surface area contributed by atoms with Crippen LogP contribution in [0, 0.1) is 5.82 Å². The summed E-state index contributed by atoms with van der Waals surface area (Å²) in [6.45, 7) is 4.03. The van der Waals surface area contributed by atoms with Crippen LogP contribution in [-0.4, -0.2) is 37.8 Å². The molecule has 0 bridgehead atoms. The van der Waals surface area contributed by atoms with Crippen LogP contribution in [0.1, 0.15) is 30.9 Å². The SMILES string of the molecule is CCNC(=NCC1(c2ccccc2F)CC1)NCCc1ccc(O)c(OC)c1. The van der Waals surface area contributed by atoms with Crippen LogP contribution in [0.5, 0.6) is 11.5 Å². The van der Waals surface area contributed by atoms with Crippen molar-refractivity contribution in [3.8, 4) is 11.5 Å². The molecule has 0 amide bonds. The number of aromatic hydroxyl groups is 1. The van der Waals surface area contributed by atoms with Crippen molar-refractivity contribution in [1.29, 1.82) is 0 Å². The number of nitrogens with zero attached hydrogens (tertiary/aromatic N) is 1. The average Bonchev–Trinajstić information content (AvgIpc) is 3.48. The number of nitrogens with one attached hydrogen (secondary N) is 2. The number of rotatable bonds is 8.